The average Bonchev–Trinajstić information content (AvgIpc) is 2.37. The van der Waals surface area contributed by atoms with E-state index in [4.69, 9.17) is 4.74 Å². The summed E-state index contributed by atoms with van der Waals surface area (Å²) in [5.41, 5.74) is 0.736. The van der Waals surface area contributed by atoms with Gasteiger partial charge in [-0.3, -0.25) is 14.5 Å². The summed E-state index contributed by atoms with van der Waals surface area (Å²) >= 11 is 0. The number of nitrogens with zero attached hydrogens (tertiary/aromatic N) is 1. The Morgan fingerprint density at radius 3 is 2.79 bits per heavy atom. The third-order valence-electron chi connectivity index (χ3n) is 2.49. The van der Waals surface area contributed by atoms with Gasteiger partial charge >= 0.3 is 0 Å². The van der Waals surface area contributed by atoms with Gasteiger partial charge in [-0.1, -0.05) is 13.8 Å². The Balaban J connectivity index is 2.84. The fourth-order valence-corrected chi connectivity index (χ4v) is 1.51. The van der Waals surface area contributed by atoms with E-state index in [2.05, 4.69) is 5.32 Å². The molecule has 19 heavy (non-hydrogen) atoms. The van der Waals surface area contributed by atoms with Gasteiger partial charge in [-0.05, 0) is 6.07 Å². The summed E-state index contributed by atoms with van der Waals surface area (Å²) < 4.78 is 17.5. The minimum absolute atomic E-state index is 0.0263. The van der Waals surface area contributed by atoms with Gasteiger partial charge in [0.1, 0.15) is 5.75 Å². The van der Waals surface area contributed by atoms with Gasteiger partial charge in [-0.2, -0.15) is 0 Å². The van der Waals surface area contributed by atoms with Crippen molar-refractivity contribution >= 4 is 5.69 Å². The number of hydrogen-bond acceptors (Lipinski definition) is 4. The number of non-ortho nitro benzene ring substituents is 1. The second-order valence-electron chi connectivity index (χ2n) is 4.48. The third kappa shape index (κ3) is 5.21. The van der Waals surface area contributed by atoms with Gasteiger partial charge in [0.2, 0.25) is 0 Å². The minimum atomic E-state index is -0.440. The molecule has 0 aliphatic heterocycles. The molecule has 6 heteroatoms. The lowest BCUT2D eigenvalue weighted by Crippen LogP contribution is -2.22. The average molecular weight is 270 g/mol. The zero-order valence-electron chi connectivity index (χ0n) is 11.2. The van der Waals surface area contributed by atoms with E-state index in [0.29, 0.717) is 24.3 Å². The number of nitro groups is 1. The maximum absolute atomic E-state index is 12.0. The Hall–Kier alpha value is -1.69. The molecule has 0 aromatic heterocycles. The van der Waals surface area contributed by atoms with E-state index in [1.54, 1.807) is 6.07 Å². The Labute approximate surface area is 111 Å². The molecule has 0 fully saturated rings. The monoisotopic (exact) mass is 270 g/mol. The Bertz CT molecular complexity index is 424. The summed E-state index contributed by atoms with van der Waals surface area (Å²) in [5.74, 6) is 0.562. The highest BCUT2D eigenvalue weighted by molar-refractivity contribution is 5.43. The van der Waals surface area contributed by atoms with Crippen molar-refractivity contribution in [3.63, 3.8) is 0 Å². The summed E-state index contributed by atoms with van der Waals surface area (Å²) in [6.07, 6.45) is 0.314. The van der Waals surface area contributed by atoms with E-state index < -0.39 is 11.6 Å². The molecule has 0 saturated carbocycles. The van der Waals surface area contributed by atoms with Crippen LogP contribution in [0.1, 0.15) is 25.8 Å². The number of rotatable bonds is 8. The van der Waals surface area contributed by atoms with Crippen molar-refractivity contribution < 1.29 is 14.1 Å². The summed E-state index contributed by atoms with van der Waals surface area (Å²) in [6.45, 7) is 4.28. The van der Waals surface area contributed by atoms with Crippen LogP contribution in [0.2, 0.25) is 0 Å². The smallest absolute Gasteiger partial charge is 0.270 e. The first-order chi connectivity index (χ1) is 9.04. The van der Waals surface area contributed by atoms with Crippen molar-refractivity contribution in [2.45, 2.75) is 32.9 Å². The first kappa shape index (κ1) is 15.4. The molecule has 0 radical (unpaired) electrons. The molecule has 0 saturated heterocycles. The molecule has 0 aliphatic carbocycles. The molecule has 0 bridgehead atoms. The highest BCUT2D eigenvalue weighted by Crippen LogP contribution is 2.24. The van der Waals surface area contributed by atoms with Gasteiger partial charge in [0.25, 0.3) is 5.69 Å². The number of halogens is 1. The van der Waals surface area contributed by atoms with Crippen LogP contribution in [0.5, 0.6) is 5.75 Å². The lowest BCUT2D eigenvalue weighted by atomic mass is 10.1. The second-order valence-corrected chi connectivity index (χ2v) is 4.48. The molecule has 1 rings (SSSR count). The van der Waals surface area contributed by atoms with Crippen LogP contribution in [0, 0.1) is 10.1 Å². The van der Waals surface area contributed by atoms with E-state index in [-0.39, 0.29) is 18.3 Å². The van der Waals surface area contributed by atoms with Crippen molar-refractivity contribution in [3.8, 4) is 5.75 Å². The molecule has 0 aliphatic rings. The fraction of sp³-hybridized carbons (Fsp3) is 0.538. The van der Waals surface area contributed by atoms with Crippen molar-refractivity contribution in [2.24, 2.45) is 0 Å². The molecule has 106 valence electrons. The maximum Gasteiger partial charge on any atom is 0.270 e. The van der Waals surface area contributed by atoms with Crippen LogP contribution in [-0.4, -0.2) is 24.2 Å². The standard InChI is InChI=1S/C13H19FN2O3/c1-10(2)15-9-11-8-12(16(17)18)4-5-13(11)19-7-3-6-14/h4-5,8,10,15H,3,6-7,9H2,1-2H3. The number of benzene rings is 1. The normalized spacial score (nSPS) is 10.7. The van der Waals surface area contributed by atoms with Crippen LogP contribution < -0.4 is 10.1 Å². The lowest BCUT2D eigenvalue weighted by molar-refractivity contribution is -0.384. The molecule has 0 amide bonds. The van der Waals surface area contributed by atoms with Gasteiger partial charge in [0.15, 0.2) is 0 Å². The van der Waals surface area contributed by atoms with Gasteiger partial charge in [0, 0.05) is 36.7 Å². The molecule has 0 unspecified atom stereocenters. The molecule has 1 aromatic carbocycles. The molecular formula is C13H19FN2O3. The molecule has 1 aromatic rings. The topological polar surface area (TPSA) is 64.4 Å². The lowest BCUT2D eigenvalue weighted by Gasteiger charge is -2.13. The van der Waals surface area contributed by atoms with Crippen molar-refractivity contribution in [3.05, 3.63) is 33.9 Å². The van der Waals surface area contributed by atoms with Gasteiger partial charge in [0.05, 0.1) is 18.2 Å². The molecule has 1 N–H and O–H groups in total. The second kappa shape index (κ2) is 7.68. The zero-order valence-corrected chi connectivity index (χ0v) is 11.2. The summed E-state index contributed by atoms with van der Waals surface area (Å²) in [6, 6.07) is 4.70. The van der Waals surface area contributed by atoms with E-state index in [9.17, 15) is 14.5 Å². The third-order valence-corrected chi connectivity index (χ3v) is 2.49. The number of alkyl halides is 1. The summed E-state index contributed by atoms with van der Waals surface area (Å²) in [7, 11) is 0. The first-order valence-corrected chi connectivity index (χ1v) is 6.24. The van der Waals surface area contributed by atoms with E-state index in [1.165, 1.54) is 12.1 Å². The Kier molecular flexibility index (Phi) is 6.21. The molecule has 5 nitrogen and oxygen atoms in total. The van der Waals surface area contributed by atoms with Crippen LogP contribution in [0.15, 0.2) is 18.2 Å². The van der Waals surface area contributed by atoms with Crippen LogP contribution >= 0.6 is 0 Å². The summed E-state index contributed by atoms with van der Waals surface area (Å²) in [4.78, 5) is 10.3. The fourth-order valence-electron chi connectivity index (χ4n) is 1.51. The van der Waals surface area contributed by atoms with Crippen molar-refractivity contribution in [2.75, 3.05) is 13.3 Å². The number of ether oxygens (including phenoxy) is 1. The molecule has 0 atom stereocenters. The van der Waals surface area contributed by atoms with Gasteiger partial charge in [-0.15, -0.1) is 0 Å². The largest absolute Gasteiger partial charge is 0.493 e. The Morgan fingerprint density at radius 1 is 1.47 bits per heavy atom. The Morgan fingerprint density at radius 2 is 2.21 bits per heavy atom. The molecule has 0 spiro atoms. The summed E-state index contributed by atoms with van der Waals surface area (Å²) in [5, 5.41) is 13.9. The number of nitrogens with one attached hydrogen (secondary N) is 1. The van der Waals surface area contributed by atoms with Crippen LogP contribution in [0.25, 0.3) is 0 Å². The van der Waals surface area contributed by atoms with Crippen LogP contribution in [0.4, 0.5) is 10.1 Å². The zero-order chi connectivity index (χ0) is 14.3. The van der Waals surface area contributed by atoms with E-state index in [1.807, 2.05) is 13.8 Å². The quantitative estimate of drug-likeness (QED) is 0.448. The number of nitro benzene ring substituents is 1. The van der Waals surface area contributed by atoms with Crippen molar-refractivity contribution in [1.82, 2.24) is 5.32 Å². The van der Waals surface area contributed by atoms with Crippen LogP contribution in [0.3, 0.4) is 0 Å². The first-order valence-electron chi connectivity index (χ1n) is 6.24. The molecular weight excluding hydrogens is 251 g/mol. The predicted molar refractivity (Wildman–Crippen MR) is 71.2 cm³/mol. The highest BCUT2D eigenvalue weighted by Gasteiger charge is 2.12. The van der Waals surface area contributed by atoms with Gasteiger partial charge in [-0.25, -0.2) is 0 Å². The van der Waals surface area contributed by atoms with Crippen molar-refractivity contribution in [1.29, 1.82) is 0 Å². The van der Waals surface area contributed by atoms with Gasteiger partial charge < -0.3 is 10.1 Å². The highest BCUT2D eigenvalue weighted by atomic mass is 19.1. The van der Waals surface area contributed by atoms with E-state index in [0.717, 1.165) is 0 Å². The predicted octanol–water partition coefficient (Wildman–Crippen LogP) is 2.83. The minimum Gasteiger partial charge on any atom is -0.493 e. The SMILES string of the molecule is CC(C)NCc1cc([N+](=O)[O-])ccc1OCCCF. The number of hydrogen-bond donors (Lipinski definition) is 1. The maximum atomic E-state index is 12.0. The van der Waals surface area contributed by atoms with Crippen LogP contribution in [-0.2, 0) is 6.54 Å². The van der Waals surface area contributed by atoms with E-state index >= 15 is 0 Å². The molecule has 0 heterocycles.